The first-order chi connectivity index (χ1) is 6.40. The molecule has 1 rings (SSSR count). The van der Waals surface area contributed by atoms with E-state index in [1.165, 1.54) is 25.1 Å². The number of rotatable bonds is 2. The highest BCUT2D eigenvalue weighted by Crippen LogP contribution is 2.29. The monoisotopic (exact) mass is 206 g/mol. The van der Waals surface area contributed by atoms with Crippen molar-refractivity contribution in [1.29, 1.82) is 0 Å². The van der Waals surface area contributed by atoms with Crippen LogP contribution >= 0.6 is 0 Å². The van der Waals surface area contributed by atoms with E-state index in [4.69, 9.17) is 5.11 Å². The third-order valence-electron chi connectivity index (χ3n) is 1.59. The summed E-state index contributed by atoms with van der Waals surface area (Å²) >= 11 is 0. The number of aliphatic hydroxyl groups is 1. The van der Waals surface area contributed by atoms with E-state index in [1.807, 2.05) is 0 Å². The van der Waals surface area contributed by atoms with Gasteiger partial charge < -0.3 is 9.84 Å². The highest BCUT2D eigenvalue weighted by molar-refractivity contribution is 5.34. The summed E-state index contributed by atoms with van der Waals surface area (Å²) in [4.78, 5) is 0. The van der Waals surface area contributed by atoms with Crippen LogP contribution in [0.15, 0.2) is 24.3 Å². The van der Waals surface area contributed by atoms with Gasteiger partial charge in [0.1, 0.15) is 5.75 Å². The van der Waals surface area contributed by atoms with Crippen LogP contribution in [0.4, 0.5) is 13.2 Å². The van der Waals surface area contributed by atoms with Crippen molar-refractivity contribution in [2.75, 3.05) is 0 Å². The Balaban J connectivity index is 2.96. The summed E-state index contributed by atoms with van der Waals surface area (Å²) < 4.78 is 39.4. The molecule has 1 atom stereocenters. The molecular formula is C9H9F3O2. The zero-order chi connectivity index (χ0) is 10.8. The van der Waals surface area contributed by atoms with E-state index in [2.05, 4.69) is 4.74 Å². The number of benzene rings is 1. The molecule has 0 fully saturated rings. The smallest absolute Gasteiger partial charge is 0.405 e. The van der Waals surface area contributed by atoms with E-state index >= 15 is 0 Å². The Labute approximate surface area is 78.9 Å². The molecule has 14 heavy (non-hydrogen) atoms. The Kier molecular flexibility index (Phi) is 3.00. The Morgan fingerprint density at radius 2 is 1.86 bits per heavy atom. The van der Waals surface area contributed by atoms with Crippen LogP contribution in [-0.4, -0.2) is 11.5 Å². The van der Waals surface area contributed by atoms with Gasteiger partial charge >= 0.3 is 6.36 Å². The SMILES string of the molecule is C[C@@H](O)c1ccccc1OC(F)(F)F. The summed E-state index contributed by atoms with van der Waals surface area (Å²) in [7, 11) is 0. The lowest BCUT2D eigenvalue weighted by Crippen LogP contribution is -2.18. The van der Waals surface area contributed by atoms with Gasteiger partial charge in [-0.25, -0.2) is 0 Å². The maximum absolute atomic E-state index is 11.9. The molecule has 0 aliphatic heterocycles. The maximum atomic E-state index is 11.9. The average molecular weight is 206 g/mol. The minimum Gasteiger partial charge on any atom is -0.405 e. The molecule has 1 aromatic carbocycles. The van der Waals surface area contributed by atoms with Gasteiger partial charge in [0.25, 0.3) is 0 Å². The molecule has 1 aromatic rings. The van der Waals surface area contributed by atoms with Crippen molar-refractivity contribution in [3.63, 3.8) is 0 Å². The summed E-state index contributed by atoms with van der Waals surface area (Å²) in [5.41, 5.74) is 0.116. The molecule has 1 N–H and O–H groups in total. The van der Waals surface area contributed by atoms with Crippen LogP contribution in [0.2, 0.25) is 0 Å². The van der Waals surface area contributed by atoms with Crippen molar-refractivity contribution < 1.29 is 23.0 Å². The van der Waals surface area contributed by atoms with Gasteiger partial charge in [-0.2, -0.15) is 0 Å². The number of ether oxygens (including phenoxy) is 1. The fourth-order valence-electron chi connectivity index (χ4n) is 1.04. The van der Waals surface area contributed by atoms with E-state index in [-0.39, 0.29) is 11.3 Å². The lowest BCUT2D eigenvalue weighted by Gasteiger charge is -2.14. The second-order valence-corrected chi connectivity index (χ2v) is 2.76. The molecule has 0 saturated carbocycles. The van der Waals surface area contributed by atoms with Crippen molar-refractivity contribution in [3.8, 4) is 5.75 Å². The fourth-order valence-corrected chi connectivity index (χ4v) is 1.04. The molecule has 0 spiro atoms. The number of aliphatic hydroxyl groups excluding tert-OH is 1. The topological polar surface area (TPSA) is 29.5 Å². The van der Waals surface area contributed by atoms with E-state index < -0.39 is 12.5 Å². The third-order valence-corrected chi connectivity index (χ3v) is 1.59. The zero-order valence-corrected chi connectivity index (χ0v) is 7.38. The molecule has 0 unspecified atom stereocenters. The van der Waals surface area contributed by atoms with Gasteiger partial charge in [-0.1, -0.05) is 18.2 Å². The van der Waals surface area contributed by atoms with Crippen LogP contribution < -0.4 is 4.74 Å². The van der Waals surface area contributed by atoms with Gasteiger partial charge in [0.2, 0.25) is 0 Å². The summed E-state index contributed by atoms with van der Waals surface area (Å²) in [5.74, 6) is -0.366. The molecule has 0 aliphatic rings. The number of alkyl halides is 3. The van der Waals surface area contributed by atoms with Crippen molar-refractivity contribution in [3.05, 3.63) is 29.8 Å². The molecular weight excluding hydrogens is 197 g/mol. The third kappa shape index (κ3) is 2.92. The lowest BCUT2D eigenvalue weighted by atomic mass is 10.1. The van der Waals surface area contributed by atoms with Gasteiger partial charge in [-0.05, 0) is 13.0 Å². The van der Waals surface area contributed by atoms with E-state index in [1.54, 1.807) is 0 Å². The van der Waals surface area contributed by atoms with Crippen LogP contribution in [0.25, 0.3) is 0 Å². The molecule has 0 radical (unpaired) electrons. The number of hydrogen-bond acceptors (Lipinski definition) is 2. The fraction of sp³-hybridized carbons (Fsp3) is 0.333. The van der Waals surface area contributed by atoms with Crippen molar-refractivity contribution in [2.24, 2.45) is 0 Å². The largest absolute Gasteiger partial charge is 0.573 e. The zero-order valence-electron chi connectivity index (χ0n) is 7.38. The van der Waals surface area contributed by atoms with E-state index in [0.29, 0.717) is 0 Å². The first-order valence-electron chi connectivity index (χ1n) is 3.93. The standard InChI is InChI=1S/C9H9F3O2/c1-6(13)7-4-2-3-5-8(7)14-9(10,11)12/h2-6,13H,1H3/t6-/m1/s1. The van der Waals surface area contributed by atoms with Gasteiger partial charge in [0.05, 0.1) is 6.10 Å². The first-order valence-corrected chi connectivity index (χ1v) is 3.93. The van der Waals surface area contributed by atoms with E-state index in [9.17, 15) is 13.2 Å². The van der Waals surface area contributed by atoms with Crippen molar-refractivity contribution in [1.82, 2.24) is 0 Å². The van der Waals surface area contributed by atoms with Gasteiger partial charge in [0, 0.05) is 5.56 Å². The minimum absolute atomic E-state index is 0.116. The Bertz CT molecular complexity index is 307. The molecule has 0 saturated heterocycles. The van der Waals surface area contributed by atoms with Crippen LogP contribution in [0, 0.1) is 0 Å². The summed E-state index contributed by atoms with van der Waals surface area (Å²) in [6, 6.07) is 5.49. The number of hydrogen-bond donors (Lipinski definition) is 1. The lowest BCUT2D eigenvalue weighted by molar-refractivity contribution is -0.275. The quantitative estimate of drug-likeness (QED) is 0.805. The van der Waals surface area contributed by atoms with Crippen LogP contribution in [0.5, 0.6) is 5.75 Å². The molecule has 0 amide bonds. The van der Waals surface area contributed by atoms with E-state index in [0.717, 1.165) is 6.07 Å². The van der Waals surface area contributed by atoms with Crippen LogP contribution in [0.1, 0.15) is 18.6 Å². The van der Waals surface area contributed by atoms with Crippen molar-refractivity contribution in [2.45, 2.75) is 19.4 Å². The maximum Gasteiger partial charge on any atom is 0.573 e. The highest BCUT2D eigenvalue weighted by Gasteiger charge is 2.32. The molecule has 0 aromatic heterocycles. The molecule has 0 aliphatic carbocycles. The molecule has 78 valence electrons. The predicted molar refractivity (Wildman–Crippen MR) is 43.8 cm³/mol. The van der Waals surface area contributed by atoms with Gasteiger partial charge in [0.15, 0.2) is 0 Å². The molecule has 0 bridgehead atoms. The molecule has 0 heterocycles. The second-order valence-electron chi connectivity index (χ2n) is 2.76. The van der Waals surface area contributed by atoms with Crippen LogP contribution in [0.3, 0.4) is 0 Å². The molecule has 5 heteroatoms. The highest BCUT2D eigenvalue weighted by atomic mass is 19.4. The summed E-state index contributed by atoms with van der Waals surface area (Å²) in [6.07, 6.45) is -5.72. The Hall–Kier alpha value is -1.23. The normalized spacial score (nSPS) is 13.8. The predicted octanol–water partition coefficient (Wildman–Crippen LogP) is 2.64. The second kappa shape index (κ2) is 3.88. The number of para-hydroxylation sites is 1. The van der Waals surface area contributed by atoms with Gasteiger partial charge in [-0.3, -0.25) is 0 Å². The summed E-state index contributed by atoms with van der Waals surface area (Å²) in [6.45, 7) is 1.37. The minimum atomic E-state index is -4.73. The Morgan fingerprint density at radius 1 is 1.29 bits per heavy atom. The molecule has 2 nitrogen and oxygen atoms in total. The number of halogens is 3. The first kappa shape index (κ1) is 10.8. The average Bonchev–Trinajstić information content (AvgIpc) is 2.01. The summed E-state index contributed by atoms with van der Waals surface area (Å²) in [5, 5.41) is 9.15. The van der Waals surface area contributed by atoms with Crippen LogP contribution in [-0.2, 0) is 0 Å². The Morgan fingerprint density at radius 3 is 2.36 bits per heavy atom. The van der Waals surface area contributed by atoms with Gasteiger partial charge in [-0.15, -0.1) is 13.2 Å². The van der Waals surface area contributed by atoms with Crippen molar-refractivity contribution >= 4 is 0 Å².